The Kier molecular flexibility index (Phi) is 62.2. The number of carbonyl (C=O) groups excluding carboxylic acids is 3. The van der Waals surface area contributed by atoms with Gasteiger partial charge >= 0.3 is 17.9 Å². The van der Waals surface area contributed by atoms with Crippen molar-refractivity contribution in [2.45, 2.75) is 335 Å². The van der Waals surface area contributed by atoms with Crippen molar-refractivity contribution in [1.82, 2.24) is 0 Å². The monoisotopic (exact) mass is 1070 g/mol. The lowest BCUT2D eigenvalue weighted by Crippen LogP contribution is -2.30. The number of carbonyl (C=O) groups is 3. The van der Waals surface area contributed by atoms with Crippen LogP contribution in [-0.4, -0.2) is 37.2 Å². The minimum Gasteiger partial charge on any atom is -0.462 e. The van der Waals surface area contributed by atoms with Gasteiger partial charge in [0.1, 0.15) is 13.2 Å². The molecule has 1 unspecified atom stereocenters. The van der Waals surface area contributed by atoms with Crippen LogP contribution >= 0.6 is 0 Å². The highest BCUT2D eigenvalue weighted by Gasteiger charge is 2.19. The highest BCUT2D eigenvalue weighted by molar-refractivity contribution is 5.71. The van der Waals surface area contributed by atoms with E-state index in [0.29, 0.717) is 19.3 Å². The summed E-state index contributed by atoms with van der Waals surface area (Å²) in [5.74, 6) is -0.879. The number of unbranched alkanes of at least 4 members (excludes halogenated alkanes) is 35. The summed E-state index contributed by atoms with van der Waals surface area (Å²) in [5.41, 5.74) is 0. The molecular weight excluding hydrogens is 949 g/mol. The van der Waals surface area contributed by atoms with Gasteiger partial charge in [0, 0.05) is 19.3 Å². The van der Waals surface area contributed by atoms with E-state index < -0.39 is 6.10 Å². The second-order valence-electron chi connectivity index (χ2n) is 22.0. The van der Waals surface area contributed by atoms with Crippen LogP contribution in [0.25, 0.3) is 0 Å². The molecule has 0 aliphatic rings. The Bertz CT molecular complexity index is 1470. The summed E-state index contributed by atoms with van der Waals surface area (Å²) in [6.45, 7) is 6.47. The van der Waals surface area contributed by atoms with Crippen LogP contribution in [0.5, 0.6) is 0 Å². The average Bonchev–Trinajstić information content (AvgIpc) is 3.43. The first-order valence-electron chi connectivity index (χ1n) is 33.1. The van der Waals surface area contributed by atoms with Gasteiger partial charge in [-0.3, -0.25) is 14.4 Å². The van der Waals surface area contributed by atoms with E-state index in [1.165, 1.54) is 186 Å². The van der Waals surface area contributed by atoms with Gasteiger partial charge in [-0.25, -0.2) is 0 Å². The fourth-order valence-corrected chi connectivity index (χ4v) is 9.44. The highest BCUT2D eigenvalue weighted by Crippen LogP contribution is 2.17. The molecule has 0 aliphatic heterocycles. The minimum absolute atomic E-state index is 0.0751. The van der Waals surface area contributed by atoms with Gasteiger partial charge in [-0.15, -0.1) is 0 Å². The van der Waals surface area contributed by atoms with Crippen LogP contribution in [0, 0.1) is 0 Å². The average molecular weight is 1070 g/mol. The lowest BCUT2D eigenvalue weighted by molar-refractivity contribution is -0.167. The summed E-state index contributed by atoms with van der Waals surface area (Å²) in [6, 6.07) is 0. The Morgan fingerprint density at radius 1 is 0.273 bits per heavy atom. The van der Waals surface area contributed by atoms with Crippen LogP contribution in [0.1, 0.15) is 329 Å². The number of rotatable bonds is 60. The van der Waals surface area contributed by atoms with Gasteiger partial charge in [0.05, 0.1) is 0 Å². The summed E-state index contributed by atoms with van der Waals surface area (Å²) >= 11 is 0. The zero-order valence-corrected chi connectivity index (χ0v) is 51.0. The SMILES string of the molecule is CC/C=C\C/C=C\C/C=C\C/C=C\C/C=C\C/C=C\CCCCCCCCCCCCCCC(=O)OCC(COC(=O)CCCCCCC)OC(=O)CCCCCCCCCCCCC/C=C\CCCCCCCCCC. The standard InChI is InChI=1S/C71H124O6/c1-4-7-10-13-15-17-19-21-23-25-27-29-31-32-33-34-35-36-37-38-40-41-43-45-47-49-51-53-55-58-61-64-70(73)76-67-68(66-75-69(72)63-60-57-12-9-6-3)77-71(74)65-62-59-56-54-52-50-48-46-44-42-39-30-28-26-24-22-20-18-16-14-11-8-5-2/h7,10,15,17,21,23,26-29,32-33,35-36,68H,4-6,8-9,11-14,16,18-20,22,24-25,30-31,34,37-67H2,1-3H3/b10-7-,17-15-,23-21-,28-26-,29-27-,33-32-,36-35-. The fraction of sp³-hybridized carbons (Fsp3) is 0.761. The van der Waals surface area contributed by atoms with Crippen molar-refractivity contribution in [3.8, 4) is 0 Å². The Morgan fingerprint density at radius 2 is 0.506 bits per heavy atom. The van der Waals surface area contributed by atoms with E-state index in [4.69, 9.17) is 14.2 Å². The summed E-state index contributed by atoms with van der Waals surface area (Å²) in [5, 5.41) is 0. The molecule has 0 amide bonds. The zero-order valence-electron chi connectivity index (χ0n) is 51.0. The molecule has 0 aromatic carbocycles. The molecule has 0 bridgehead atoms. The van der Waals surface area contributed by atoms with Gasteiger partial charge in [-0.1, -0.05) is 298 Å². The smallest absolute Gasteiger partial charge is 0.306 e. The molecule has 0 heterocycles. The molecule has 0 fully saturated rings. The first kappa shape index (κ1) is 73.6. The van der Waals surface area contributed by atoms with Gasteiger partial charge in [-0.05, 0) is 96.3 Å². The molecule has 0 aromatic heterocycles. The van der Waals surface area contributed by atoms with Crippen LogP contribution in [0.15, 0.2) is 85.1 Å². The van der Waals surface area contributed by atoms with E-state index in [9.17, 15) is 14.4 Å². The molecule has 6 nitrogen and oxygen atoms in total. The van der Waals surface area contributed by atoms with Crippen molar-refractivity contribution in [2.24, 2.45) is 0 Å². The van der Waals surface area contributed by atoms with E-state index in [1.807, 2.05) is 0 Å². The largest absolute Gasteiger partial charge is 0.462 e. The van der Waals surface area contributed by atoms with Gasteiger partial charge in [0.2, 0.25) is 0 Å². The summed E-state index contributed by atoms with van der Waals surface area (Å²) in [4.78, 5) is 38.0. The molecule has 0 aliphatic carbocycles. The fourth-order valence-electron chi connectivity index (χ4n) is 9.44. The number of hydrogen-bond acceptors (Lipinski definition) is 6. The van der Waals surface area contributed by atoms with E-state index in [-0.39, 0.29) is 31.1 Å². The maximum Gasteiger partial charge on any atom is 0.306 e. The second kappa shape index (κ2) is 65.1. The molecule has 0 aromatic rings. The number of hydrogen-bond donors (Lipinski definition) is 0. The third-order valence-corrected chi connectivity index (χ3v) is 14.4. The van der Waals surface area contributed by atoms with Crippen LogP contribution < -0.4 is 0 Å². The molecule has 6 heteroatoms. The molecule has 0 N–H and O–H groups in total. The molecule has 444 valence electrons. The number of esters is 3. The van der Waals surface area contributed by atoms with Crippen LogP contribution in [0.3, 0.4) is 0 Å². The maximum atomic E-state index is 12.8. The third kappa shape index (κ3) is 63.3. The topological polar surface area (TPSA) is 78.9 Å². The third-order valence-electron chi connectivity index (χ3n) is 14.4. The lowest BCUT2D eigenvalue weighted by Gasteiger charge is -2.18. The maximum absolute atomic E-state index is 12.8. The molecule has 77 heavy (non-hydrogen) atoms. The Hall–Kier alpha value is -3.41. The number of ether oxygens (including phenoxy) is 3. The van der Waals surface area contributed by atoms with Crippen LogP contribution in [0.2, 0.25) is 0 Å². The second-order valence-corrected chi connectivity index (χ2v) is 22.0. The van der Waals surface area contributed by atoms with Gasteiger partial charge in [0.25, 0.3) is 0 Å². The highest BCUT2D eigenvalue weighted by atomic mass is 16.6. The zero-order chi connectivity index (χ0) is 55.7. The van der Waals surface area contributed by atoms with E-state index in [2.05, 4.69) is 106 Å². The first-order valence-corrected chi connectivity index (χ1v) is 33.1. The van der Waals surface area contributed by atoms with Crippen molar-refractivity contribution in [2.75, 3.05) is 13.2 Å². The van der Waals surface area contributed by atoms with Gasteiger partial charge in [0.15, 0.2) is 6.10 Å². The molecule has 0 radical (unpaired) electrons. The van der Waals surface area contributed by atoms with Crippen LogP contribution in [-0.2, 0) is 28.6 Å². The molecule has 0 rings (SSSR count). The molecule has 0 spiro atoms. The van der Waals surface area contributed by atoms with E-state index in [1.54, 1.807) is 0 Å². The Labute approximate surface area is 477 Å². The van der Waals surface area contributed by atoms with Gasteiger partial charge < -0.3 is 14.2 Å². The number of allylic oxidation sites excluding steroid dienone is 14. The summed E-state index contributed by atoms with van der Waals surface area (Å²) in [7, 11) is 0. The summed E-state index contributed by atoms with van der Waals surface area (Å²) in [6.07, 6.45) is 86.5. The first-order chi connectivity index (χ1) is 38.0. The van der Waals surface area contributed by atoms with Crippen molar-refractivity contribution >= 4 is 17.9 Å². The van der Waals surface area contributed by atoms with Crippen molar-refractivity contribution in [1.29, 1.82) is 0 Å². The molecular formula is C71H124O6. The van der Waals surface area contributed by atoms with E-state index >= 15 is 0 Å². The van der Waals surface area contributed by atoms with E-state index in [0.717, 1.165) is 103 Å². The van der Waals surface area contributed by atoms with Gasteiger partial charge in [-0.2, -0.15) is 0 Å². The van der Waals surface area contributed by atoms with Crippen molar-refractivity contribution in [3.63, 3.8) is 0 Å². The minimum atomic E-state index is -0.773. The predicted octanol–water partition coefficient (Wildman–Crippen LogP) is 22.7. The quantitative estimate of drug-likeness (QED) is 0.0261. The normalized spacial score (nSPS) is 12.6. The van der Waals surface area contributed by atoms with Crippen molar-refractivity contribution < 1.29 is 28.6 Å². The summed E-state index contributed by atoms with van der Waals surface area (Å²) < 4.78 is 16.8. The Balaban J connectivity index is 4.01. The van der Waals surface area contributed by atoms with Crippen molar-refractivity contribution in [3.05, 3.63) is 85.1 Å². The molecule has 1 atom stereocenters. The predicted molar refractivity (Wildman–Crippen MR) is 334 cm³/mol. The van der Waals surface area contributed by atoms with Crippen LogP contribution in [0.4, 0.5) is 0 Å². The molecule has 0 saturated carbocycles. The Morgan fingerprint density at radius 3 is 0.805 bits per heavy atom. The lowest BCUT2D eigenvalue weighted by atomic mass is 10.0. The molecule has 0 saturated heterocycles.